The zero-order valence-corrected chi connectivity index (χ0v) is 17.1. The molecule has 4 aromatic heterocycles. The zero-order valence-electron chi connectivity index (χ0n) is 16.3. The number of aromatic nitrogens is 5. The molecule has 0 aliphatic rings. The Hall–Kier alpha value is -3.39. The largest absolute Gasteiger partial charge is 0.310 e. The number of hydrogen-bond acceptors (Lipinski definition) is 6. The Labute approximate surface area is 172 Å². The van der Waals surface area contributed by atoms with Crippen LogP contribution in [0.4, 0.5) is 5.82 Å². The zero-order chi connectivity index (χ0) is 20.4. The predicted molar refractivity (Wildman–Crippen MR) is 113 cm³/mol. The molecular formula is C21H20N6OS. The van der Waals surface area contributed by atoms with Crippen LogP contribution in [-0.4, -0.2) is 30.6 Å². The van der Waals surface area contributed by atoms with Crippen molar-refractivity contribution in [3.8, 4) is 16.5 Å². The molecule has 7 nitrogen and oxygen atoms in total. The van der Waals surface area contributed by atoms with Gasteiger partial charge < -0.3 is 5.32 Å². The molecule has 1 amide bonds. The van der Waals surface area contributed by atoms with Crippen LogP contribution in [0, 0.1) is 13.8 Å². The van der Waals surface area contributed by atoms with Crippen LogP contribution in [0.2, 0.25) is 0 Å². The van der Waals surface area contributed by atoms with Gasteiger partial charge in [0.05, 0.1) is 16.5 Å². The second kappa shape index (κ2) is 7.92. The standard InChI is InChI=1S/C21H20N6OS/c1-13-10-14(2)27(26-13)19-11-18(23-20(25-19)17-7-5-9-29-17)24-21(28)15(3)16-6-4-8-22-12-16/h4-12,15H,1-3H3,(H,23,24,25,28). The van der Waals surface area contributed by atoms with Crippen molar-refractivity contribution in [1.82, 2.24) is 24.7 Å². The summed E-state index contributed by atoms with van der Waals surface area (Å²) < 4.78 is 1.76. The molecule has 0 aliphatic heterocycles. The van der Waals surface area contributed by atoms with E-state index in [1.54, 1.807) is 34.5 Å². The summed E-state index contributed by atoms with van der Waals surface area (Å²) in [5.41, 5.74) is 2.70. The summed E-state index contributed by atoms with van der Waals surface area (Å²) in [5.74, 6) is 1.08. The highest BCUT2D eigenvalue weighted by Gasteiger charge is 2.18. The molecule has 1 N–H and O–H groups in total. The Kier molecular flexibility index (Phi) is 5.18. The van der Waals surface area contributed by atoms with Gasteiger partial charge in [-0.1, -0.05) is 12.1 Å². The number of amides is 1. The van der Waals surface area contributed by atoms with Crippen LogP contribution < -0.4 is 5.32 Å². The van der Waals surface area contributed by atoms with Gasteiger partial charge in [0.1, 0.15) is 5.82 Å². The lowest BCUT2D eigenvalue weighted by Crippen LogP contribution is -2.20. The van der Waals surface area contributed by atoms with Crippen LogP contribution in [0.1, 0.15) is 29.8 Å². The first-order valence-electron chi connectivity index (χ1n) is 9.18. The number of anilines is 1. The van der Waals surface area contributed by atoms with E-state index in [1.807, 2.05) is 56.5 Å². The minimum Gasteiger partial charge on any atom is -0.310 e. The lowest BCUT2D eigenvalue weighted by Gasteiger charge is -2.13. The van der Waals surface area contributed by atoms with E-state index in [4.69, 9.17) is 0 Å². The monoisotopic (exact) mass is 404 g/mol. The molecule has 4 aromatic rings. The molecule has 0 fully saturated rings. The molecule has 0 radical (unpaired) electrons. The summed E-state index contributed by atoms with van der Waals surface area (Å²) in [7, 11) is 0. The van der Waals surface area contributed by atoms with Crippen LogP contribution in [0.25, 0.3) is 16.5 Å². The van der Waals surface area contributed by atoms with E-state index in [-0.39, 0.29) is 11.8 Å². The lowest BCUT2D eigenvalue weighted by molar-refractivity contribution is -0.117. The van der Waals surface area contributed by atoms with Crippen LogP contribution in [-0.2, 0) is 4.79 Å². The van der Waals surface area contributed by atoms with Crippen LogP contribution in [0.5, 0.6) is 0 Å². The Morgan fingerprint density at radius 3 is 2.69 bits per heavy atom. The molecular weight excluding hydrogens is 384 g/mol. The number of nitrogens with one attached hydrogen (secondary N) is 1. The molecule has 1 unspecified atom stereocenters. The second-order valence-electron chi connectivity index (χ2n) is 6.75. The molecule has 0 saturated heterocycles. The first kappa shape index (κ1) is 18.9. The van der Waals surface area contributed by atoms with E-state index in [0.29, 0.717) is 17.5 Å². The molecule has 0 spiro atoms. The van der Waals surface area contributed by atoms with Crippen molar-refractivity contribution in [2.24, 2.45) is 0 Å². The first-order valence-corrected chi connectivity index (χ1v) is 10.1. The second-order valence-corrected chi connectivity index (χ2v) is 7.70. The third kappa shape index (κ3) is 4.07. The van der Waals surface area contributed by atoms with Crippen molar-refractivity contribution in [3.05, 3.63) is 71.1 Å². The molecule has 0 bridgehead atoms. The van der Waals surface area contributed by atoms with Gasteiger partial charge in [0.25, 0.3) is 0 Å². The van der Waals surface area contributed by atoms with Crippen molar-refractivity contribution in [3.63, 3.8) is 0 Å². The number of nitrogens with zero attached hydrogens (tertiary/aromatic N) is 5. The Morgan fingerprint density at radius 1 is 1.17 bits per heavy atom. The van der Waals surface area contributed by atoms with Gasteiger partial charge in [-0.05, 0) is 49.9 Å². The summed E-state index contributed by atoms with van der Waals surface area (Å²) >= 11 is 1.54. The molecule has 4 rings (SSSR count). The van der Waals surface area contributed by atoms with E-state index < -0.39 is 0 Å². The van der Waals surface area contributed by atoms with Gasteiger partial charge >= 0.3 is 0 Å². The maximum absolute atomic E-state index is 12.8. The highest BCUT2D eigenvalue weighted by atomic mass is 32.1. The van der Waals surface area contributed by atoms with Gasteiger partial charge in [-0.25, -0.2) is 14.6 Å². The highest BCUT2D eigenvalue weighted by Crippen LogP contribution is 2.25. The summed E-state index contributed by atoms with van der Waals surface area (Å²) in [6.45, 7) is 5.74. The number of carbonyl (C=O) groups excluding carboxylic acids is 1. The fourth-order valence-electron chi connectivity index (χ4n) is 3.00. The van der Waals surface area contributed by atoms with E-state index >= 15 is 0 Å². The SMILES string of the molecule is Cc1cc(C)n(-c2cc(NC(=O)C(C)c3cccnc3)nc(-c3cccs3)n2)n1. The minimum atomic E-state index is -0.360. The average molecular weight is 404 g/mol. The van der Waals surface area contributed by atoms with E-state index in [9.17, 15) is 4.79 Å². The molecule has 0 saturated carbocycles. The summed E-state index contributed by atoms with van der Waals surface area (Å²) in [6, 6.07) is 11.3. The highest BCUT2D eigenvalue weighted by molar-refractivity contribution is 7.13. The molecule has 1 atom stereocenters. The third-order valence-electron chi connectivity index (χ3n) is 4.51. The van der Waals surface area contributed by atoms with Gasteiger partial charge in [-0.15, -0.1) is 11.3 Å². The van der Waals surface area contributed by atoms with Crippen LogP contribution in [0.3, 0.4) is 0 Å². The normalized spacial score (nSPS) is 12.0. The Balaban J connectivity index is 1.71. The topological polar surface area (TPSA) is 85.6 Å². The van der Waals surface area contributed by atoms with Gasteiger partial charge in [0.2, 0.25) is 5.91 Å². The van der Waals surface area contributed by atoms with Crippen molar-refractivity contribution >= 4 is 23.1 Å². The van der Waals surface area contributed by atoms with Crippen molar-refractivity contribution in [2.75, 3.05) is 5.32 Å². The molecule has 29 heavy (non-hydrogen) atoms. The Bertz CT molecular complexity index is 1140. The smallest absolute Gasteiger partial charge is 0.232 e. The van der Waals surface area contributed by atoms with Gasteiger partial charge in [0.15, 0.2) is 11.6 Å². The quantitative estimate of drug-likeness (QED) is 0.540. The predicted octanol–water partition coefficient (Wildman–Crippen LogP) is 4.14. The maximum Gasteiger partial charge on any atom is 0.232 e. The van der Waals surface area contributed by atoms with Gasteiger partial charge in [-0.2, -0.15) is 5.10 Å². The number of pyridine rings is 1. The van der Waals surface area contributed by atoms with E-state index in [1.165, 1.54) is 0 Å². The number of hydrogen-bond donors (Lipinski definition) is 1. The third-order valence-corrected chi connectivity index (χ3v) is 5.38. The molecule has 4 heterocycles. The number of aryl methyl sites for hydroxylation is 2. The lowest BCUT2D eigenvalue weighted by atomic mass is 10.0. The molecule has 0 aliphatic carbocycles. The summed E-state index contributed by atoms with van der Waals surface area (Å²) in [6.07, 6.45) is 3.38. The number of rotatable bonds is 5. The van der Waals surface area contributed by atoms with Crippen LogP contribution in [0.15, 0.2) is 54.2 Å². The first-order chi connectivity index (χ1) is 14.0. The van der Waals surface area contributed by atoms with Crippen molar-refractivity contribution in [2.45, 2.75) is 26.7 Å². The molecule has 0 aromatic carbocycles. The van der Waals surface area contributed by atoms with Gasteiger partial charge in [-0.3, -0.25) is 9.78 Å². The fourth-order valence-corrected chi connectivity index (χ4v) is 3.66. The Morgan fingerprint density at radius 2 is 2.03 bits per heavy atom. The summed E-state index contributed by atoms with van der Waals surface area (Å²) in [5, 5.41) is 9.41. The van der Waals surface area contributed by atoms with Crippen molar-refractivity contribution < 1.29 is 4.79 Å². The number of carbonyl (C=O) groups is 1. The average Bonchev–Trinajstić information content (AvgIpc) is 3.37. The van der Waals surface area contributed by atoms with E-state index in [2.05, 4.69) is 25.4 Å². The van der Waals surface area contributed by atoms with Crippen LogP contribution >= 0.6 is 11.3 Å². The minimum absolute atomic E-state index is 0.159. The molecule has 8 heteroatoms. The summed E-state index contributed by atoms with van der Waals surface area (Å²) in [4.78, 5) is 27.1. The molecule has 146 valence electrons. The fraction of sp³-hybridized carbons (Fsp3) is 0.190. The van der Waals surface area contributed by atoms with Crippen molar-refractivity contribution in [1.29, 1.82) is 0 Å². The number of thiophene rings is 1. The van der Waals surface area contributed by atoms with Gasteiger partial charge in [0, 0.05) is 24.2 Å². The maximum atomic E-state index is 12.8. The van der Waals surface area contributed by atoms with E-state index in [0.717, 1.165) is 21.8 Å².